The molecule has 1 fully saturated rings. The Hall–Kier alpha value is -3.06. The van der Waals surface area contributed by atoms with Crippen molar-refractivity contribution in [2.75, 3.05) is 20.1 Å². The first-order valence-electron chi connectivity index (χ1n) is 15.1. The smallest absolute Gasteiger partial charge is 0.226 e. The quantitative estimate of drug-likeness (QED) is 0.231. The molecule has 7 heteroatoms. The summed E-state index contributed by atoms with van der Waals surface area (Å²) in [7, 11) is 2.14. The van der Waals surface area contributed by atoms with Crippen molar-refractivity contribution in [1.82, 2.24) is 25.2 Å². The van der Waals surface area contributed by atoms with Crippen LogP contribution in [-0.2, 0) is 9.59 Å². The summed E-state index contributed by atoms with van der Waals surface area (Å²) in [6.45, 7) is 10.2. The van der Waals surface area contributed by atoms with E-state index in [-0.39, 0.29) is 17.4 Å². The van der Waals surface area contributed by atoms with Gasteiger partial charge in [-0.25, -0.2) is 4.98 Å². The van der Waals surface area contributed by atoms with E-state index in [2.05, 4.69) is 59.3 Å². The van der Waals surface area contributed by atoms with Crippen LogP contribution in [0.1, 0.15) is 96.1 Å². The van der Waals surface area contributed by atoms with E-state index in [1.54, 1.807) is 0 Å². The first-order valence-corrected chi connectivity index (χ1v) is 15.1. The van der Waals surface area contributed by atoms with Crippen molar-refractivity contribution in [2.24, 2.45) is 11.3 Å². The Morgan fingerprint density at radius 2 is 1.88 bits per heavy atom. The second-order valence-electron chi connectivity index (χ2n) is 12.2. The van der Waals surface area contributed by atoms with Crippen LogP contribution in [0.5, 0.6) is 0 Å². The van der Waals surface area contributed by atoms with Crippen molar-refractivity contribution in [3.05, 3.63) is 48.0 Å². The van der Waals surface area contributed by atoms with Crippen LogP contribution in [0, 0.1) is 18.3 Å². The molecule has 0 spiro atoms. The number of carbonyl (C=O) groups excluding carboxylic acids is 2. The normalized spacial score (nSPS) is 16.4. The van der Waals surface area contributed by atoms with Crippen molar-refractivity contribution >= 4 is 22.6 Å². The van der Waals surface area contributed by atoms with Gasteiger partial charge in [-0.15, -0.1) is 0 Å². The van der Waals surface area contributed by atoms with Crippen LogP contribution in [-0.4, -0.2) is 51.7 Å². The molecule has 1 atom stereocenters. The highest BCUT2D eigenvalue weighted by atomic mass is 16.2. The molecule has 0 bridgehead atoms. The molecule has 2 N–H and O–H groups in total. The number of Topliss-reactive ketones (excluding diaryl/α,β-unsaturated/α-hetero) is 1. The van der Waals surface area contributed by atoms with Gasteiger partial charge in [0.2, 0.25) is 5.91 Å². The van der Waals surface area contributed by atoms with Crippen LogP contribution in [0.25, 0.3) is 22.2 Å². The second-order valence-corrected chi connectivity index (χ2v) is 12.2. The van der Waals surface area contributed by atoms with Gasteiger partial charge < -0.3 is 15.2 Å². The summed E-state index contributed by atoms with van der Waals surface area (Å²) >= 11 is 0. The van der Waals surface area contributed by atoms with Gasteiger partial charge in [0.05, 0.1) is 28.9 Å². The second kappa shape index (κ2) is 13.5. The number of nitrogens with one attached hydrogen (secondary N) is 2. The predicted octanol–water partition coefficient (Wildman–Crippen LogP) is 6.78. The summed E-state index contributed by atoms with van der Waals surface area (Å²) in [6.07, 6.45) is 9.35. The van der Waals surface area contributed by atoms with E-state index >= 15 is 0 Å². The van der Waals surface area contributed by atoms with Crippen LogP contribution in [0.2, 0.25) is 0 Å². The Bertz CT molecular complexity index is 1290. The molecule has 1 aliphatic heterocycles. The molecule has 2 aromatic heterocycles. The number of pyridine rings is 1. The number of aromatic nitrogens is 3. The van der Waals surface area contributed by atoms with Crippen LogP contribution in [0.3, 0.4) is 0 Å². The van der Waals surface area contributed by atoms with Gasteiger partial charge in [-0.3, -0.25) is 14.6 Å². The van der Waals surface area contributed by atoms with Crippen LogP contribution < -0.4 is 5.32 Å². The lowest BCUT2D eigenvalue weighted by molar-refractivity contribution is -0.136. The van der Waals surface area contributed by atoms with Crippen LogP contribution >= 0.6 is 0 Å². The summed E-state index contributed by atoms with van der Waals surface area (Å²) < 4.78 is 0. The number of aromatic amines is 1. The number of unbranched alkanes of at least 4 members (excludes halogenated alkanes) is 2. The fourth-order valence-corrected chi connectivity index (χ4v) is 6.02. The molecule has 1 saturated heterocycles. The molecule has 4 rings (SSSR count). The van der Waals surface area contributed by atoms with Crippen molar-refractivity contribution in [2.45, 2.75) is 91.5 Å². The standard InChI is InChI=1S/C33H47N5O2/c1-6-27(39)10-8-7-9-11-29(37-32(40)33(21-23(2)3)16-18-38(5)19-17-33)31-34-22-30(36-31)26-14-15-28-25(20-26)13-12-24(4)35-28/h12-15,20,22-23,29H,6-11,16-19,21H2,1-5H3,(H,34,36)(H,37,40)/t29-/m0/s1. The van der Waals surface area contributed by atoms with Gasteiger partial charge in [-0.1, -0.05) is 45.7 Å². The summed E-state index contributed by atoms with van der Waals surface area (Å²) in [6, 6.07) is 10.2. The Labute approximate surface area is 239 Å². The molecular weight excluding hydrogens is 498 g/mol. The lowest BCUT2D eigenvalue weighted by Gasteiger charge is -2.41. The van der Waals surface area contributed by atoms with E-state index in [1.807, 2.05) is 32.2 Å². The molecule has 40 heavy (non-hydrogen) atoms. The van der Waals surface area contributed by atoms with E-state index < -0.39 is 0 Å². The Morgan fingerprint density at radius 3 is 2.60 bits per heavy atom. The van der Waals surface area contributed by atoms with E-state index in [9.17, 15) is 9.59 Å². The maximum Gasteiger partial charge on any atom is 0.226 e. The van der Waals surface area contributed by atoms with E-state index in [0.29, 0.717) is 24.5 Å². The Morgan fingerprint density at radius 1 is 1.10 bits per heavy atom. The lowest BCUT2D eigenvalue weighted by Crippen LogP contribution is -2.49. The molecule has 0 unspecified atom stereocenters. The number of piperidine rings is 1. The third-order valence-electron chi connectivity index (χ3n) is 8.44. The average Bonchev–Trinajstić information content (AvgIpc) is 3.43. The summed E-state index contributed by atoms with van der Waals surface area (Å²) in [5, 5.41) is 4.53. The van der Waals surface area contributed by atoms with Gasteiger partial charge in [0.1, 0.15) is 11.6 Å². The molecule has 3 heterocycles. The minimum absolute atomic E-state index is 0.158. The fraction of sp³-hybridized carbons (Fsp3) is 0.576. The number of hydrogen-bond donors (Lipinski definition) is 2. The van der Waals surface area contributed by atoms with Crippen LogP contribution in [0.15, 0.2) is 36.5 Å². The number of benzene rings is 1. The number of nitrogens with zero attached hydrogens (tertiary/aromatic N) is 3. The molecule has 216 valence electrons. The van der Waals surface area contributed by atoms with Gasteiger partial charge in [0.25, 0.3) is 0 Å². The number of rotatable bonds is 13. The number of H-pyrrole nitrogens is 1. The summed E-state index contributed by atoms with van der Waals surface area (Å²) in [5.74, 6) is 1.72. The van der Waals surface area contributed by atoms with E-state index in [4.69, 9.17) is 4.98 Å². The highest BCUT2D eigenvalue weighted by Crippen LogP contribution is 2.39. The molecule has 0 aliphatic carbocycles. The lowest BCUT2D eigenvalue weighted by atomic mass is 9.72. The first-order chi connectivity index (χ1) is 19.2. The molecule has 1 aliphatic rings. The zero-order valence-electron chi connectivity index (χ0n) is 25.1. The zero-order chi connectivity index (χ0) is 28.7. The third-order valence-corrected chi connectivity index (χ3v) is 8.44. The van der Waals surface area contributed by atoms with Gasteiger partial charge in [0.15, 0.2) is 0 Å². The van der Waals surface area contributed by atoms with Crippen LogP contribution in [0.4, 0.5) is 0 Å². The van der Waals surface area contributed by atoms with Gasteiger partial charge >= 0.3 is 0 Å². The Balaban J connectivity index is 1.54. The van der Waals surface area contributed by atoms with Gasteiger partial charge in [0, 0.05) is 29.5 Å². The van der Waals surface area contributed by atoms with Crippen molar-refractivity contribution in [3.8, 4) is 11.3 Å². The van der Waals surface area contributed by atoms with Crippen molar-refractivity contribution in [3.63, 3.8) is 0 Å². The fourth-order valence-electron chi connectivity index (χ4n) is 6.02. The minimum atomic E-state index is -0.342. The van der Waals surface area contributed by atoms with Gasteiger partial charge in [-0.2, -0.15) is 0 Å². The summed E-state index contributed by atoms with van der Waals surface area (Å²) in [5.41, 5.74) is 3.61. The number of likely N-dealkylation sites (tertiary alicyclic amines) is 1. The number of ketones is 1. The minimum Gasteiger partial charge on any atom is -0.346 e. The largest absolute Gasteiger partial charge is 0.346 e. The number of imidazole rings is 1. The van der Waals surface area contributed by atoms with Crippen molar-refractivity contribution in [1.29, 1.82) is 0 Å². The first kappa shape index (κ1) is 29.9. The molecule has 0 radical (unpaired) electrons. The molecule has 1 amide bonds. The predicted molar refractivity (Wildman–Crippen MR) is 162 cm³/mol. The van der Waals surface area contributed by atoms with Gasteiger partial charge in [-0.05, 0) is 83.3 Å². The number of hydrogen-bond acceptors (Lipinski definition) is 5. The average molecular weight is 546 g/mol. The maximum absolute atomic E-state index is 14.0. The number of amides is 1. The topological polar surface area (TPSA) is 91.0 Å². The third kappa shape index (κ3) is 7.57. The molecule has 3 aromatic rings. The molecular formula is C33H47N5O2. The van der Waals surface area contributed by atoms with Crippen molar-refractivity contribution < 1.29 is 9.59 Å². The SMILES string of the molecule is CCC(=O)CCCCC[C@H](NC(=O)C1(CC(C)C)CCN(C)CC1)c1ncc(-c2ccc3nc(C)ccc3c2)[nH]1. The number of fused-ring (bicyclic) bond motifs is 1. The number of carbonyl (C=O) groups is 2. The maximum atomic E-state index is 14.0. The highest BCUT2D eigenvalue weighted by Gasteiger charge is 2.42. The van der Waals surface area contributed by atoms with E-state index in [0.717, 1.165) is 91.7 Å². The molecule has 7 nitrogen and oxygen atoms in total. The Kier molecular flexibility index (Phi) is 10.1. The van der Waals surface area contributed by atoms with E-state index in [1.165, 1.54) is 0 Å². The number of aryl methyl sites for hydroxylation is 1. The zero-order valence-corrected chi connectivity index (χ0v) is 25.1. The molecule has 0 saturated carbocycles. The molecule has 1 aromatic carbocycles. The summed E-state index contributed by atoms with van der Waals surface area (Å²) in [4.78, 5) is 41.0. The monoisotopic (exact) mass is 545 g/mol. The highest BCUT2D eigenvalue weighted by molar-refractivity contribution is 5.84.